The zero-order chi connectivity index (χ0) is 10.8. The maximum absolute atomic E-state index is 8.31. The van der Waals surface area contributed by atoms with Crippen molar-refractivity contribution in [1.82, 2.24) is 4.90 Å². The van der Waals surface area contributed by atoms with Gasteiger partial charge in [-0.15, -0.1) is 0 Å². The summed E-state index contributed by atoms with van der Waals surface area (Å²) in [6.45, 7) is 2.77. The van der Waals surface area contributed by atoms with Gasteiger partial charge in [0.2, 0.25) is 0 Å². The molecule has 0 aromatic heterocycles. The lowest BCUT2D eigenvalue weighted by Crippen LogP contribution is -2.23. The summed E-state index contributed by atoms with van der Waals surface area (Å²) in [5, 5.41) is 11.2. The highest BCUT2D eigenvalue weighted by atomic mass is 16.5. The van der Waals surface area contributed by atoms with E-state index in [9.17, 15) is 0 Å². The van der Waals surface area contributed by atoms with Gasteiger partial charge in [0.1, 0.15) is 5.84 Å². The molecule has 0 aliphatic carbocycles. The second kappa shape index (κ2) is 8.77. The Morgan fingerprint density at radius 2 is 2.07 bits per heavy atom. The van der Waals surface area contributed by atoms with Crippen LogP contribution in [0.2, 0.25) is 0 Å². The quantitative estimate of drug-likeness (QED) is 0.198. The van der Waals surface area contributed by atoms with E-state index in [0.29, 0.717) is 12.3 Å². The summed E-state index contributed by atoms with van der Waals surface area (Å²) in [6, 6.07) is 0. The van der Waals surface area contributed by atoms with Crippen LogP contribution in [0.5, 0.6) is 0 Å². The summed E-state index contributed by atoms with van der Waals surface area (Å²) < 4.78 is 4.95. The van der Waals surface area contributed by atoms with Gasteiger partial charge in [-0.25, -0.2) is 0 Å². The fourth-order valence-electron chi connectivity index (χ4n) is 1.17. The highest BCUT2D eigenvalue weighted by molar-refractivity contribution is 5.79. The average molecular weight is 203 g/mol. The van der Waals surface area contributed by atoms with Crippen LogP contribution in [-0.2, 0) is 4.74 Å². The van der Waals surface area contributed by atoms with Crippen LogP contribution >= 0.6 is 0 Å². The molecule has 0 radical (unpaired) electrons. The first-order chi connectivity index (χ1) is 6.70. The van der Waals surface area contributed by atoms with E-state index >= 15 is 0 Å². The van der Waals surface area contributed by atoms with Gasteiger partial charge in [-0.2, -0.15) is 0 Å². The number of ether oxygens (including phenoxy) is 1. The number of methoxy groups -OCH3 is 1. The van der Waals surface area contributed by atoms with Crippen LogP contribution in [0.3, 0.4) is 0 Å². The van der Waals surface area contributed by atoms with E-state index in [1.165, 1.54) is 0 Å². The number of hydrogen-bond donors (Lipinski definition) is 2. The second-order valence-corrected chi connectivity index (χ2v) is 3.34. The Kier molecular flexibility index (Phi) is 8.27. The highest BCUT2D eigenvalue weighted by Gasteiger charge is 1.99. The van der Waals surface area contributed by atoms with E-state index < -0.39 is 0 Å². The molecule has 5 nitrogen and oxygen atoms in total. The summed E-state index contributed by atoms with van der Waals surface area (Å²) >= 11 is 0. The fraction of sp³-hybridized carbons (Fsp3) is 0.889. The third-order valence-corrected chi connectivity index (χ3v) is 1.99. The van der Waals surface area contributed by atoms with E-state index in [0.717, 1.165) is 32.5 Å². The van der Waals surface area contributed by atoms with E-state index in [1.54, 1.807) is 7.11 Å². The first-order valence-corrected chi connectivity index (χ1v) is 4.84. The number of nitrogens with two attached hydrogens (primary N) is 1. The Morgan fingerprint density at radius 3 is 2.64 bits per heavy atom. The molecule has 0 rings (SSSR count). The molecule has 14 heavy (non-hydrogen) atoms. The molecule has 0 aromatic carbocycles. The lowest BCUT2D eigenvalue weighted by molar-refractivity contribution is 0.179. The number of rotatable bonds is 8. The first kappa shape index (κ1) is 13.2. The number of amidine groups is 1. The van der Waals surface area contributed by atoms with Crippen LogP contribution in [0.1, 0.15) is 19.3 Å². The second-order valence-electron chi connectivity index (χ2n) is 3.34. The van der Waals surface area contributed by atoms with E-state index in [1.807, 2.05) is 0 Å². The van der Waals surface area contributed by atoms with Gasteiger partial charge in [-0.3, -0.25) is 0 Å². The third-order valence-electron chi connectivity index (χ3n) is 1.99. The molecule has 0 saturated heterocycles. The Bertz CT molecular complexity index is 162. The summed E-state index contributed by atoms with van der Waals surface area (Å²) in [5.74, 6) is 0.301. The van der Waals surface area contributed by atoms with Crippen LogP contribution in [0.4, 0.5) is 0 Å². The summed E-state index contributed by atoms with van der Waals surface area (Å²) in [5.41, 5.74) is 5.34. The van der Waals surface area contributed by atoms with Crippen molar-refractivity contribution in [3.63, 3.8) is 0 Å². The molecule has 0 bridgehead atoms. The van der Waals surface area contributed by atoms with Crippen LogP contribution < -0.4 is 5.73 Å². The minimum atomic E-state index is 0.301. The average Bonchev–Trinajstić information content (AvgIpc) is 2.18. The monoisotopic (exact) mass is 203 g/mol. The lowest BCUT2D eigenvalue weighted by atomic mass is 10.3. The zero-order valence-electron chi connectivity index (χ0n) is 9.07. The minimum Gasteiger partial charge on any atom is -0.409 e. The topological polar surface area (TPSA) is 71.1 Å². The third kappa shape index (κ3) is 7.82. The Balaban J connectivity index is 3.30. The molecule has 0 fully saturated rings. The van der Waals surface area contributed by atoms with E-state index in [2.05, 4.69) is 17.1 Å². The van der Waals surface area contributed by atoms with Gasteiger partial charge in [0.05, 0.1) is 0 Å². The Morgan fingerprint density at radius 1 is 1.43 bits per heavy atom. The molecule has 0 atom stereocenters. The molecule has 3 N–H and O–H groups in total. The van der Waals surface area contributed by atoms with Crippen LogP contribution in [0.15, 0.2) is 5.16 Å². The normalized spacial score (nSPS) is 12.4. The maximum atomic E-state index is 8.31. The van der Waals surface area contributed by atoms with Crippen LogP contribution in [0, 0.1) is 0 Å². The summed E-state index contributed by atoms with van der Waals surface area (Å²) in [6.07, 6.45) is 2.60. The standard InChI is InChI=1S/C9H21N3O2/c1-12(7-4-8-14-2)6-3-5-9(10)11-13/h13H,3-8H2,1-2H3,(H2,10,11). The van der Waals surface area contributed by atoms with Gasteiger partial charge < -0.3 is 20.6 Å². The van der Waals surface area contributed by atoms with Gasteiger partial charge in [-0.05, 0) is 26.4 Å². The van der Waals surface area contributed by atoms with Crippen molar-refractivity contribution in [2.24, 2.45) is 10.9 Å². The van der Waals surface area contributed by atoms with Crippen molar-refractivity contribution in [3.8, 4) is 0 Å². The molecule has 0 unspecified atom stereocenters. The molecule has 0 spiro atoms. The molecule has 0 aromatic rings. The molecule has 84 valence electrons. The number of oxime groups is 1. The fourth-order valence-corrected chi connectivity index (χ4v) is 1.17. The maximum Gasteiger partial charge on any atom is 0.139 e. The van der Waals surface area contributed by atoms with Crippen molar-refractivity contribution in [3.05, 3.63) is 0 Å². The molecule has 0 heterocycles. The SMILES string of the molecule is COCCCN(C)CCCC(N)=NO. The molecular formula is C9H21N3O2. The Labute approximate surface area is 85.5 Å². The molecule has 0 aliphatic heterocycles. The molecule has 0 amide bonds. The predicted molar refractivity (Wildman–Crippen MR) is 56.6 cm³/mol. The van der Waals surface area contributed by atoms with Gasteiger partial charge in [0.15, 0.2) is 0 Å². The number of hydrogen-bond acceptors (Lipinski definition) is 4. The van der Waals surface area contributed by atoms with Gasteiger partial charge in [-0.1, -0.05) is 5.16 Å². The van der Waals surface area contributed by atoms with Gasteiger partial charge >= 0.3 is 0 Å². The number of nitrogens with zero attached hydrogens (tertiary/aromatic N) is 2. The zero-order valence-corrected chi connectivity index (χ0v) is 9.07. The Hall–Kier alpha value is -0.810. The molecule has 0 aliphatic rings. The highest BCUT2D eigenvalue weighted by Crippen LogP contribution is 1.94. The van der Waals surface area contributed by atoms with E-state index in [4.69, 9.17) is 15.7 Å². The molecule has 5 heteroatoms. The lowest BCUT2D eigenvalue weighted by Gasteiger charge is -2.15. The minimum absolute atomic E-state index is 0.301. The van der Waals surface area contributed by atoms with Gasteiger partial charge in [0, 0.05) is 26.7 Å². The summed E-state index contributed by atoms with van der Waals surface area (Å²) in [7, 11) is 3.76. The van der Waals surface area contributed by atoms with Crippen LogP contribution in [0.25, 0.3) is 0 Å². The van der Waals surface area contributed by atoms with E-state index in [-0.39, 0.29) is 0 Å². The predicted octanol–water partition coefficient (Wildman–Crippen LogP) is 0.481. The largest absolute Gasteiger partial charge is 0.409 e. The van der Waals surface area contributed by atoms with Crippen molar-refractivity contribution in [1.29, 1.82) is 0 Å². The summed E-state index contributed by atoms with van der Waals surface area (Å²) in [4.78, 5) is 2.21. The first-order valence-electron chi connectivity index (χ1n) is 4.84. The van der Waals surface area contributed by atoms with Crippen molar-refractivity contribution < 1.29 is 9.94 Å². The van der Waals surface area contributed by atoms with Crippen molar-refractivity contribution in [2.75, 3.05) is 33.9 Å². The van der Waals surface area contributed by atoms with Crippen molar-refractivity contribution in [2.45, 2.75) is 19.3 Å². The molecular weight excluding hydrogens is 182 g/mol. The van der Waals surface area contributed by atoms with Crippen LogP contribution in [-0.4, -0.2) is 49.8 Å². The molecule has 0 saturated carbocycles. The van der Waals surface area contributed by atoms with Crippen molar-refractivity contribution >= 4 is 5.84 Å². The smallest absolute Gasteiger partial charge is 0.139 e. The van der Waals surface area contributed by atoms with Gasteiger partial charge in [0.25, 0.3) is 0 Å².